The third-order valence-corrected chi connectivity index (χ3v) is 6.58. The van der Waals surface area contributed by atoms with E-state index in [9.17, 15) is 4.79 Å². The summed E-state index contributed by atoms with van der Waals surface area (Å²) in [4.78, 5) is 13.0. The molecule has 3 aliphatic rings. The van der Waals surface area contributed by atoms with Crippen LogP contribution in [0.15, 0.2) is 18.2 Å². The molecule has 25 heavy (non-hydrogen) atoms. The molecule has 0 radical (unpaired) electrons. The van der Waals surface area contributed by atoms with Gasteiger partial charge in [-0.1, -0.05) is 24.1 Å². The van der Waals surface area contributed by atoms with E-state index in [2.05, 4.69) is 5.32 Å². The van der Waals surface area contributed by atoms with Crippen LogP contribution in [0.1, 0.15) is 56.6 Å². The number of carbonyl (C=O) groups is 1. The summed E-state index contributed by atoms with van der Waals surface area (Å²) >= 11 is 6.09. The molecular weight excluding hydrogens is 336 g/mol. The molecule has 3 atom stereocenters. The van der Waals surface area contributed by atoms with Gasteiger partial charge >= 0.3 is 0 Å². The molecule has 2 fully saturated rings. The molecule has 0 spiro atoms. The summed E-state index contributed by atoms with van der Waals surface area (Å²) in [7, 11) is 0. The van der Waals surface area contributed by atoms with Gasteiger partial charge in [-0.2, -0.15) is 0 Å². The summed E-state index contributed by atoms with van der Waals surface area (Å²) in [6, 6.07) is 6.02. The molecule has 3 N–H and O–H groups in total. The standard InChI is InChI=1S/C20H27ClN2O2/c21-15-6-7-16-17(5-2-8-25-18(16)11-15)23-20(24)14-9-12-3-1-4-13(10-14)19(12)22/h6-7,11-14,17,19H,1-5,8-10,22H2,(H,23,24). The molecule has 1 amide bonds. The number of benzene rings is 1. The largest absolute Gasteiger partial charge is 0.493 e. The summed E-state index contributed by atoms with van der Waals surface area (Å²) in [5.74, 6) is 2.14. The number of rotatable bonds is 2. The quantitative estimate of drug-likeness (QED) is 0.840. The number of fused-ring (bicyclic) bond motifs is 3. The lowest BCUT2D eigenvalue weighted by Gasteiger charge is -2.43. The number of halogens is 1. The Morgan fingerprint density at radius 3 is 2.68 bits per heavy atom. The molecule has 2 saturated carbocycles. The molecule has 1 aliphatic heterocycles. The average Bonchev–Trinajstić information content (AvgIpc) is 2.76. The molecule has 4 nitrogen and oxygen atoms in total. The zero-order valence-electron chi connectivity index (χ0n) is 14.5. The van der Waals surface area contributed by atoms with E-state index in [1.807, 2.05) is 18.2 Å². The van der Waals surface area contributed by atoms with E-state index in [-0.39, 0.29) is 17.9 Å². The maximum absolute atomic E-state index is 13.0. The predicted octanol–water partition coefficient (Wildman–Crippen LogP) is 3.82. The molecule has 3 unspecified atom stereocenters. The fourth-order valence-corrected chi connectivity index (χ4v) is 5.15. The first-order valence-electron chi connectivity index (χ1n) is 9.60. The van der Waals surface area contributed by atoms with Crippen LogP contribution in [0.4, 0.5) is 0 Å². The molecular formula is C20H27ClN2O2. The van der Waals surface area contributed by atoms with Crippen molar-refractivity contribution in [2.45, 2.75) is 57.0 Å². The predicted molar refractivity (Wildman–Crippen MR) is 98.6 cm³/mol. The van der Waals surface area contributed by atoms with Crippen LogP contribution in [0, 0.1) is 17.8 Å². The Balaban J connectivity index is 1.48. The fourth-order valence-electron chi connectivity index (χ4n) is 4.99. The van der Waals surface area contributed by atoms with E-state index in [0.717, 1.165) is 37.0 Å². The van der Waals surface area contributed by atoms with Crippen LogP contribution in [-0.4, -0.2) is 18.6 Å². The van der Waals surface area contributed by atoms with Crippen molar-refractivity contribution >= 4 is 17.5 Å². The Hall–Kier alpha value is -1.26. The smallest absolute Gasteiger partial charge is 0.223 e. The Kier molecular flexibility index (Phi) is 4.92. The second kappa shape index (κ2) is 7.16. The van der Waals surface area contributed by atoms with E-state index in [1.54, 1.807) is 0 Å². The van der Waals surface area contributed by atoms with E-state index >= 15 is 0 Å². The lowest BCUT2D eigenvalue weighted by atomic mass is 9.65. The van der Waals surface area contributed by atoms with E-state index < -0.39 is 0 Å². The Morgan fingerprint density at radius 1 is 1.16 bits per heavy atom. The van der Waals surface area contributed by atoms with Crippen molar-refractivity contribution in [2.75, 3.05) is 6.61 Å². The molecule has 136 valence electrons. The lowest BCUT2D eigenvalue weighted by molar-refractivity contribution is -0.128. The normalized spacial score (nSPS) is 34.4. The monoisotopic (exact) mass is 362 g/mol. The van der Waals surface area contributed by atoms with Crippen molar-refractivity contribution in [3.8, 4) is 5.75 Å². The van der Waals surface area contributed by atoms with Crippen molar-refractivity contribution in [3.63, 3.8) is 0 Å². The van der Waals surface area contributed by atoms with Gasteiger partial charge in [0.15, 0.2) is 0 Å². The Bertz CT molecular complexity index is 637. The minimum absolute atomic E-state index is 0.0118. The molecule has 1 aromatic rings. The average molecular weight is 363 g/mol. The lowest BCUT2D eigenvalue weighted by Crippen LogP contribution is -2.49. The van der Waals surface area contributed by atoms with Gasteiger partial charge in [0.05, 0.1) is 12.6 Å². The van der Waals surface area contributed by atoms with Crippen LogP contribution in [-0.2, 0) is 4.79 Å². The number of amides is 1. The zero-order chi connectivity index (χ0) is 17.4. The van der Waals surface area contributed by atoms with Crippen molar-refractivity contribution in [1.29, 1.82) is 0 Å². The fraction of sp³-hybridized carbons (Fsp3) is 0.650. The van der Waals surface area contributed by atoms with Gasteiger partial charge in [-0.05, 0) is 62.5 Å². The van der Waals surface area contributed by atoms with Crippen LogP contribution in [0.2, 0.25) is 5.02 Å². The number of carbonyl (C=O) groups excluding carboxylic acids is 1. The molecule has 5 heteroatoms. The summed E-state index contributed by atoms with van der Waals surface area (Å²) in [6.07, 6.45) is 7.35. The van der Waals surface area contributed by atoms with Gasteiger partial charge in [-0.25, -0.2) is 0 Å². The van der Waals surface area contributed by atoms with Gasteiger partial charge in [0.25, 0.3) is 0 Å². The van der Waals surface area contributed by atoms with Gasteiger partial charge in [-0.3, -0.25) is 4.79 Å². The van der Waals surface area contributed by atoms with Crippen LogP contribution >= 0.6 is 11.6 Å². The maximum Gasteiger partial charge on any atom is 0.223 e. The second-order valence-electron chi connectivity index (χ2n) is 7.93. The highest BCUT2D eigenvalue weighted by Gasteiger charge is 2.41. The third-order valence-electron chi connectivity index (χ3n) is 6.35. The molecule has 1 aromatic carbocycles. The van der Waals surface area contributed by atoms with Crippen LogP contribution < -0.4 is 15.8 Å². The van der Waals surface area contributed by atoms with Crippen molar-refractivity contribution in [3.05, 3.63) is 28.8 Å². The zero-order valence-corrected chi connectivity index (χ0v) is 15.3. The molecule has 2 aliphatic carbocycles. The minimum atomic E-state index is 0.0118. The molecule has 1 heterocycles. The highest BCUT2D eigenvalue weighted by atomic mass is 35.5. The number of hydrogen-bond donors (Lipinski definition) is 2. The highest BCUT2D eigenvalue weighted by molar-refractivity contribution is 6.30. The van der Waals surface area contributed by atoms with Crippen LogP contribution in [0.25, 0.3) is 0 Å². The first-order valence-corrected chi connectivity index (χ1v) is 9.98. The molecule has 0 saturated heterocycles. The van der Waals surface area contributed by atoms with Crippen LogP contribution in [0.5, 0.6) is 5.75 Å². The summed E-state index contributed by atoms with van der Waals surface area (Å²) in [5, 5.41) is 3.97. The van der Waals surface area contributed by atoms with E-state index in [1.165, 1.54) is 19.3 Å². The Labute approximate surface area is 154 Å². The molecule has 4 rings (SSSR count). The number of ether oxygens (including phenoxy) is 1. The van der Waals surface area contributed by atoms with Gasteiger partial charge in [0.2, 0.25) is 5.91 Å². The first-order chi connectivity index (χ1) is 12.1. The minimum Gasteiger partial charge on any atom is -0.493 e. The van der Waals surface area contributed by atoms with E-state index in [0.29, 0.717) is 29.5 Å². The summed E-state index contributed by atoms with van der Waals surface area (Å²) < 4.78 is 5.81. The van der Waals surface area contributed by atoms with Gasteiger partial charge in [-0.15, -0.1) is 0 Å². The highest BCUT2D eigenvalue weighted by Crippen LogP contribution is 2.42. The maximum atomic E-state index is 13.0. The summed E-state index contributed by atoms with van der Waals surface area (Å²) in [5.41, 5.74) is 7.41. The second-order valence-corrected chi connectivity index (χ2v) is 8.37. The van der Waals surface area contributed by atoms with Gasteiger partial charge < -0.3 is 15.8 Å². The van der Waals surface area contributed by atoms with Gasteiger partial charge in [0.1, 0.15) is 5.75 Å². The Morgan fingerprint density at radius 2 is 1.92 bits per heavy atom. The SMILES string of the molecule is NC1C2CCCC1CC(C(=O)NC1CCCOc3cc(Cl)ccc31)C2. The summed E-state index contributed by atoms with van der Waals surface area (Å²) in [6.45, 7) is 0.669. The van der Waals surface area contributed by atoms with E-state index in [4.69, 9.17) is 22.1 Å². The van der Waals surface area contributed by atoms with Crippen molar-refractivity contribution in [1.82, 2.24) is 5.32 Å². The molecule has 0 aromatic heterocycles. The number of nitrogens with two attached hydrogens (primary N) is 1. The topological polar surface area (TPSA) is 64.4 Å². The number of nitrogens with one attached hydrogen (secondary N) is 1. The van der Waals surface area contributed by atoms with Crippen LogP contribution in [0.3, 0.4) is 0 Å². The van der Waals surface area contributed by atoms with Gasteiger partial charge in [0, 0.05) is 22.5 Å². The van der Waals surface area contributed by atoms with Crippen molar-refractivity contribution in [2.24, 2.45) is 23.5 Å². The third kappa shape index (κ3) is 3.52. The molecule has 2 bridgehead atoms. The first kappa shape index (κ1) is 17.2. The number of hydrogen-bond acceptors (Lipinski definition) is 3. The van der Waals surface area contributed by atoms with Crippen molar-refractivity contribution < 1.29 is 9.53 Å².